The van der Waals surface area contributed by atoms with Crippen LogP contribution in [-0.2, 0) is 4.79 Å². The monoisotopic (exact) mass is 358 g/mol. The van der Waals surface area contributed by atoms with Gasteiger partial charge in [-0.1, -0.05) is 15.9 Å². The number of hydrogen-bond acceptors (Lipinski definition) is 3. The number of anilines is 1. The first-order valence-electron chi connectivity index (χ1n) is 6.54. The van der Waals surface area contributed by atoms with E-state index in [0.717, 1.165) is 26.9 Å². The zero-order chi connectivity index (χ0) is 15.9. The molecule has 6 heteroatoms. The lowest BCUT2D eigenvalue weighted by molar-refractivity contribution is -0.384. The molecular formula is C16H11BrN2O3. The van der Waals surface area contributed by atoms with E-state index < -0.39 is 4.92 Å². The Balaban J connectivity index is 2.07. The van der Waals surface area contributed by atoms with Crippen LogP contribution >= 0.6 is 15.9 Å². The molecule has 0 fully saturated rings. The predicted molar refractivity (Wildman–Crippen MR) is 88.5 cm³/mol. The normalized spacial score (nSPS) is 14.8. The zero-order valence-electron chi connectivity index (χ0n) is 11.6. The molecule has 0 saturated carbocycles. The third-order valence-corrected chi connectivity index (χ3v) is 4.44. The molecule has 1 heterocycles. The minimum Gasteiger partial charge on any atom is -0.321 e. The van der Waals surface area contributed by atoms with Gasteiger partial charge in [-0.15, -0.1) is 0 Å². The average Bonchev–Trinajstić information content (AvgIpc) is 2.80. The van der Waals surface area contributed by atoms with Gasteiger partial charge in [-0.2, -0.15) is 0 Å². The number of halogens is 1. The van der Waals surface area contributed by atoms with E-state index in [1.807, 2.05) is 19.1 Å². The van der Waals surface area contributed by atoms with Crippen LogP contribution < -0.4 is 5.32 Å². The summed E-state index contributed by atoms with van der Waals surface area (Å²) in [5, 5.41) is 13.5. The van der Waals surface area contributed by atoms with E-state index in [0.29, 0.717) is 5.57 Å². The average molecular weight is 359 g/mol. The number of fused-ring (bicyclic) bond motifs is 1. The van der Waals surface area contributed by atoms with Crippen molar-refractivity contribution in [3.8, 4) is 0 Å². The molecule has 0 aliphatic carbocycles. The molecule has 0 radical (unpaired) electrons. The maximum atomic E-state index is 12.2. The van der Waals surface area contributed by atoms with Crippen LogP contribution in [0.4, 0.5) is 11.4 Å². The van der Waals surface area contributed by atoms with Crippen LogP contribution in [0.5, 0.6) is 0 Å². The van der Waals surface area contributed by atoms with E-state index in [2.05, 4.69) is 21.2 Å². The summed E-state index contributed by atoms with van der Waals surface area (Å²) in [6, 6.07) is 9.85. The number of hydrogen-bond donors (Lipinski definition) is 1. The molecule has 2 aromatic rings. The Morgan fingerprint density at radius 2 is 1.86 bits per heavy atom. The quantitative estimate of drug-likeness (QED) is 0.497. The number of carbonyl (C=O) groups excluding carboxylic acids is 1. The SMILES string of the molecule is Cc1c(Br)ccc2c1C(=Cc1ccc([N+](=O)[O-])cc1)C(=O)N2. The first-order chi connectivity index (χ1) is 10.5. The van der Waals surface area contributed by atoms with E-state index in [-0.39, 0.29) is 11.6 Å². The summed E-state index contributed by atoms with van der Waals surface area (Å²) in [4.78, 5) is 22.4. The minimum atomic E-state index is -0.449. The van der Waals surface area contributed by atoms with Crippen molar-refractivity contribution < 1.29 is 9.72 Å². The van der Waals surface area contributed by atoms with Gasteiger partial charge in [0.25, 0.3) is 11.6 Å². The number of rotatable bonds is 2. The smallest absolute Gasteiger partial charge is 0.269 e. The lowest BCUT2D eigenvalue weighted by Gasteiger charge is -2.05. The van der Waals surface area contributed by atoms with Crippen molar-refractivity contribution in [3.63, 3.8) is 0 Å². The van der Waals surface area contributed by atoms with Crippen molar-refractivity contribution in [1.29, 1.82) is 0 Å². The molecule has 1 amide bonds. The fraction of sp³-hybridized carbons (Fsp3) is 0.0625. The molecule has 0 unspecified atom stereocenters. The molecule has 5 nitrogen and oxygen atoms in total. The summed E-state index contributed by atoms with van der Waals surface area (Å²) in [7, 11) is 0. The summed E-state index contributed by atoms with van der Waals surface area (Å²) in [6.07, 6.45) is 1.74. The van der Waals surface area contributed by atoms with Gasteiger partial charge in [0.2, 0.25) is 0 Å². The zero-order valence-corrected chi connectivity index (χ0v) is 13.2. The van der Waals surface area contributed by atoms with Crippen LogP contribution in [0.15, 0.2) is 40.9 Å². The van der Waals surface area contributed by atoms with Gasteiger partial charge in [0.15, 0.2) is 0 Å². The molecule has 0 saturated heterocycles. The third kappa shape index (κ3) is 2.42. The molecule has 0 aromatic heterocycles. The Kier molecular flexibility index (Phi) is 3.54. The van der Waals surface area contributed by atoms with Gasteiger partial charge in [-0.05, 0) is 48.4 Å². The summed E-state index contributed by atoms with van der Waals surface area (Å²) in [6.45, 7) is 1.94. The van der Waals surface area contributed by atoms with E-state index in [1.54, 1.807) is 18.2 Å². The van der Waals surface area contributed by atoms with Gasteiger partial charge in [0, 0.05) is 33.4 Å². The van der Waals surface area contributed by atoms with Crippen molar-refractivity contribution in [2.45, 2.75) is 6.92 Å². The Morgan fingerprint density at radius 1 is 1.18 bits per heavy atom. The first-order valence-corrected chi connectivity index (χ1v) is 7.33. The Bertz CT molecular complexity index is 826. The van der Waals surface area contributed by atoms with Gasteiger partial charge in [-0.25, -0.2) is 0 Å². The van der Waals surface area contributed by atoms with Crippen molar-refractivity contribution in [3.05, 3.63) is 67.7 Å². The number of nitro benzene ring substituents is 1. The number of carbonyl (C=O) groups is 1. The van der Waals surface area contributed by atoms with Crippen molar-refractivity contribution in [2.24, 2.45) is 0 Å². The van der Waals surface area contributed by atoms with Crippen molar-refractivity contribution >= 4 is 44.9 Å². The molecule has 0 bridgehead atoms. The molecule has 1 N–H and O–H groups in total. The summed E-state index contributed by atoms with van der Waals surface area (Å²) in [5.41, 5.74) is 3.93. The molecule has 0 atom stereocenters. The van der Waals surface area contributed by atoms with Crippen LogP contribution in [-0.4, -0.2) is 10.8 Å². The van der Waals surface area contributed by atoms with Gasteiger partial charge in [-0.3, -0.25) is 14.9 Å². The third-order valence-electron chi connectivity index (χ3n) is 3.58. The topological polar surface area (TPSA) is 72.2 Å². The molecule has 2 aromatic carbocycles. The molecule has 22 heavy (non-hydrogen) atoms. The number of nitrogens with zero attached hydrogens (tertiary/aromatic N) is 1. The van der Waals surface area contributed by atoms with E-state index in [1.165, 1.54) is 12.1 Å². The number of nitro groups is 1. The van der Waals surface area contributed by atoms with Crippen molar-refractivity contribution in [2.75, 3.05) is 5.32 Å². The fourth-order valence-electron chi connectivity index (χ4n) is 2.44. The van der Waals surface area contributed by atoms with E-state index >= 15 is 0 Å². The molecule has 110 valence electrons. The van der Waals surface area contributed by atoms with Crippen LogP contribution in [0, 0.1) is 17.0 Å². The predicted octanol–water partition coefficient (Wildman–Crippen LogP) is 4.16. The minimum absolute atomic E-state index is 0.0253. The lowest BCUT2D eigenvalue weighted by atomic mass is 9.99. The second kappa shape index (κ2) is 5.38. The number of amides is 1. The van der Waals surface area contributed by atoms with E-state index in [9.17, 15) is 14.9 Å². The van der Waals surface area contributed by atoms with Crippen molar-refractivity contribution in [1.82, 2.24) is 0 Å². The maximum Gasteiger partial charge on any atom is 0.269 e. The Morgan fingerprint density at radius 3 is 2.50 bits per heavy atom. The molecule has 1 aliphatic heterocycles. The number of benzene rings is 2. The highest BCUT2D eigenvalue weighted by Gasteiger charge is 2.26. The molecule has 1 aliphatic rings. The first kappa shape index (κ1) is 14.5. The van der Waals surface area contributed by atoms with Crippen LogP contribution in [0.3, 0.4) is 0 Å². The highest BCUT2D eigenvalue weighted by molar-refractivity contribution is 9.10. The highest BCUT2D eigenvalue weighted by Crippen LogP contribution is 2.38. The van der Waals surface area contributed by atoms with E-state index in [4.69, 9.17) is 0 Å². The van der Waals surface area contributed by atoms with Gasteiger partial charge < -0.3 is 5.32 Å². The second-order valence-corrected chi connectivity index (χ2v) is 5.81. The molecule has 0 spiro atoms. The highest BCUT2D eigenvalue weighted by atomic mass is 79.9. The summed E-state index contributed by atoms with van der Waals surface area (Å²) in [5.74, 6) is -0.172. The Labute approximate surface area is 134 Å². The van der Waals surface area contributed by atoms with Gasteiger partial charge in [0.05, 0.1) is 4.92 Å². The lowest BCUT2D eigenvalue weighted by Crippen LogP contribution is -2.03. The summed E-state index contributed by atoms with van der Waals surface area (Å²) >= 11 is 3.47. The second-order valence-electron chi connectivity index (χ2n) is 4.96. The maximum absolute atomic E-state index is 12.2. The van der Waals surface area contributed by atoms with Crippen LogP contribution in [0.25, 0.3) is 11.6 Å². The standard InChI is InChI=1S/C16H11BrN2O3/c1-9-13(17)6-7-14-15(9)12(16(20)18-14)8-10-2-4-11(5-3-10)19(21)22/h2-8H,1H3,(H,18,20). The fourth-order valence-corrected chi connectivity index (χ4v) is 2.77. The molecular weight excluding hydrogens is 348 g/mol. The Hall–Kier alpha value is -2.47. The van der Waals surface area contributed by atoms with Crippen LogP contribution in [0.2, 0.25) is 0 Å². The summed E-state index contributed by atoms with van der Waals surface area (Å²) < 4.78 is 0.928. The van der Waals surface area contributed by atoms with Gasteiger partial charge >= 0.3 is 0 Å². The largest absolute Gasteiger partial charge is 0.321 e. The van der Waals surface area contributed by atoms with Gasteiger partial charge in [0.1, 0.15) is 0 Å². The molecule has 3 rings (SSSR count). The number of non-ortho nitro benzene ring substituents is 1. The van der Waals surface area contributed by atoms with Crippen LogP contribution in [0.1, 0.15) is 16.7 Å². The number of nitrogens with one attached hydrogen (secondary N) is 1.